The number of carbonyl (C=O) groups excluding carboxylic acids is 1. The molecular weight excluding hydrogens is 257 g/mol. The van der Waals surface area contributed by atoms with Gasteiger partial charge in [-0.3, -0.25) is 4.79 Å². The van der Waals surface area contributed by atoms with Gasteiger partial charge in [-0.05, 0) is 13.3 Å². The third kappa shape index (κ3) is 4.92. The Bertz CT molecular complexity index is 383. The van der Waals surface area contributed by atoms with Gasteiger partial charge in [-0.2, -0.15) is 8.42 Å². The summed E-state index contributed by atoms with van der Waals surface area (Å²) in [5.41, 5.74) is 0. The first-order valence-corrected chi connectivity index (χ1v) is 8.10. The molecular formula is C12H22FNO3S. The van der Waals surface area contributed by atoms with Crippen molar-refractivity contribution in [3.8, 4) is 0 Å². The van der Waals surface area contributed by atoms with Gasteiger partial charge in [0.25, 0.3) is 0 Å². The molecule has 1 saturated heterocycles. The molecule has 2 unspecified atom stereocenters. The van der Waals surface area contributed by atoms with E-state index in [-0.39, 0.29) is 24.3 Å². The molecule has 1 fully saturated rings. The standard InChI is InChI=1S/C12H22FNO3S/c1-3-4-5-6-10(2)14-8-11(7-12(14)15)9-18(13,16)17/h10-11H,3-9H2,1-2H3. The van der Waals surface area contributed by atoms with Crippen LogP contribution in [0.4, 0.5) is 3.89 Å². The van der Waals surface area contributed by atoms with Crippen molar-refractivity contribution in [2.75, 3.05) is 12.3 Å². The van der Waals surface area contributed by atoms with Gasteiger partial charge in [-0.1, -0.05) is 26.2 Å². The molecule has 4 nitrogen and oxygen atoms in total. The molecule has 0 aromatic rings. The second-order valence-electron chi connectivity index (χ2n) is 5.17. The molecule has 0 aliphatic carbocycles. The zero-order valence-electron chi connectivity index (χ0n) is 11.1. The number of halogens is 1. The molecule has 0 aromatic carbocycles. The molecule has 0 saturated carbocycles. The van der Waals surface area contributed by atoms with Crippen molar-refractivity contribution < 1.29 is 17.1 Å². The minimum absolute atomic E-state index is 0.0485. The predicted molar refractivity (Wildman–Crippen MR) is 68.3 cm³/mol. The van der Waals surface area contributed by atoms with Gasteiger partial charge in [-0.15, -0.1) is 3.89 Å². The highest BCUT2D eigenvalue weighted by Crippen LogP contribution is 2.24. The first kappa shape index (κ1) is 15.4. The number of likely N-dealkylation sites (tertiary alicyclic amines) is 1. The Hall–Kier alpha value is -0.650. The number of nitrogens with zero attached hydrogens (tertiary/aromatic N) is 1. The smallest absolute Gasteiger partial charge is 0.302 e. The van der Waals surface area contributed by atoms with E-state index in [1.165, 1.54) is 0 Å². The van der Waals surface area contributed by atoms with Crippen LogP contribution in [0.5, 0.6) is 0 Å². The Labute approximate surface area is 109 Å². The SMILES string of the molecule is CCCCCC(C)N1CC(CS(=O)(=O)F)CC1=O. The van der Waals surface area contributed by atoms with Crippen molar-refractivity contribution in [3.05, 3.63) is 0 Å². The van der Waals surface area contributed by atoms with E-state index >= 15 is 0 Å². The fourth-order valence-corrected chi connectivity index (χ4v) is 3.26. The molecule has 1 amide bonds. The summed E-state index contributed by atoms with van der Waals surface area (Å²) in [6.07, 6.45) is 4.40. The van der Waals surface area contributed by atoms with E-state index in [0.29, 0.717) is 6.54 Å². The van der Waals surface area contributed by atoms with Crippen LogP contribution in [0.25, 0.3) is 0 Å². The quantitative estimate of drug-likeness (QED) is 0.530. The van der Waals surface area contributed by atoms with Crippen molar-refractivity contribution in [2.24, 2.45) is 5.92 Å². The average Bonchev–Trinajstić information content (AvgIpc) is 2.57. The summed E-state index contributed by atoms with van der Waals surface area (Å²) in [5, 5.41) is 0. The molecule has 1 rings (SSSR count). The minimum atomic E-state index is -4.48. The van der Waals surface area contributed by atoms with Gasteiger partial charge < -0.3 is 4.90 Å². The normalized spacial score (nSPS) is 22.5. The van der Waals surface area contributed by atoms with E-state index in [9.17, 15) is 17.1 Å². The van der Waals surface area contributed by atoms with E-state index < -0.39 is 16.0 Å². The van der Waals surface area contributed by atoms with Crippen molar-refractivity contribution in [3.63, 3.8) is 0 Å². The Balaban J connectivity index is 2.46. The summed E-state index contributed by atoms with van der Waals surface area (Å²) >= 11 is 0. The summed E-state index contributed by atoms with van der Waals surface area (Å²) < 4.78 is 33.8. The maximum atomic E-state index is 12.6. The van der Waals surface area contributed by atoms with Crippen LogP contribution in [0.3, 0.4) is 0 Å². The maximum absolute atomic E-state index is 12.6. The maximum Gasteiger partial charge on any atom is 0.302 e. The van der Waals surface area contributed by atoms with E-state index in [1.54, 1.807) is 4.90 Å². The van der Waals surface area contributed by atoms with Crippen LogP contribution in [0.15, 0.2) is 0 Å². The molecule has 6 heteroatoms. The van der Waals surface area contributed by atoms with Crippen LogP contribution in [0, 0.1) is 5.92 Å². The number of amides is 1. The number of unbranched alkanes of at least 4 members (excludes halogenated alkanes) is 2. The van der Waals surface area contributed by atoms with E-state index in [1.807, 2.05) is 6.92 Å². The van der Waals surface area contributed by atoms with Crippen LogP contribution in [0.1, 0.15) is 46.0 Å². The number of hydrogen-bond donors (Lipinski definition) is 0. The molecule has 0 N–H and O–H groups in total. The highest BCUT2D eigenvalue weighted by Gasteiger charge is 2.34. The highest BCUT2D eigenvalue weighted by atomic mass is 32.3. The summed E-state index contributed by atoms with van der Waals surface area (Å²) in [6.45, 7) is 4.46. The first-order valence-electron chi connectivity index (χ1n) is 6.55. The van der Waals surface area contributed by atoms with Crippen LogP contribution in [-0.4, -0.2) is 37.6 Å². The summed E-state index contributed by atoms with van der Waals surface area (Å²) in [6, 6.07) is 0.122. The Morgan fingerprint density at radius 3 is 2.67 bits per heavy atom. The lowest BCUT2D eigenvalue weighted by Gasteiger charge is -2.24. The van der Waals surface area contributed by atoms with Crippen LogP contribution < -0.4 is 0 Å². The Kier molecular flexibility index (Phi) is 5.56. The van der Waals surface area contributed by atoms with Gasteiger partial charge in [0, 0.05) is 24.9 Å². The van der Waals surface area contributed by atoms with Crippen molar-refractivity contribution in [2.45, 2.75) is 52.0 Å². The zero-order valence-corrected chi connectivity index (χ0v) is 11.9. The third-order valence-electron chi connectivity index (χ3n) is 3.43. The lowest BCUT2D eigenvalue weighted by atomic mass is 10.1. The molecule has 0 radical (unpaired) electrons. The van der Waals surface area contributed by atoms with Gasteiger partial charge in [0.1, 0.15) is 0 Å². The molecule has 0 aromatic heterocycles. The molecule has 106 valence electrons. The first-order chi connectivity index (χ1) is 8.33. The summed E-state index contributed by atoms with van der Waals surface area (Å²) in [4.78, 5) is 13.5. The van der Waals surface area contributed by atoms with Crippen molar-refractivity contribution in [1.29, 1.82) is 0 Å². The Morgan fingerprint density at radius 2 is 2.11 bits per heavy atom. The van der Waals surface area contributed by atoms with Crippen LogP contribution in [-0.2, 0) is 15.0 Å². The topological polar surface area (TPSA) is 54.5 Å². The van der Waals surface area contributed by atoms with E-state index in [2.05, 4.69) is 6.92 Å². The predicted octanol–water partition coefficient (Wildman–Crippen LogP) is 2.10. The van der Waals surface area contributed by atoms with Gasteiger partial charge in [0.05, 0.1) is 5.75 Å². The van der Waals surface area contributed by atoms with Crippen LogP contribution in [0.2, 0.25) is 0 Å². The van der Waals surface area contributed by atoms with Gasteiger partial charge in [0.15, 0.2) is 0 Å². The second-order valence-corrected chi connectivity index (χ2v) is 6.58. The van der Waals surface area contributed by atoms with E-state index in [4.69, 9.17) is 0 Å². The van der Waals surface area contributed by atoms with Crippen molar-refractivity contribution in [1.82, 2.24) is 4.90 Å². The second kappa shape index (κ2) is 6.50. The zero-order chi connectivity index (χ0) is 13.8. The summed E-state index contributed by atoms with van der Waals surface area (Å²) in [7, 11) is -4.48. The lowest BCUT2D eigenvalue weighted by molar-refractivity contribution is -0.129. The van der Waals surface area contributed by atoms with Crippen LogP contribution >= 0.6 is 0 Å². The fraction of sp³-hybridized carbons (Fsp3) is 0.917. The van der Waals surface area contributed by atoms with Crippen molar-refractivity contribution >= 4 is 16.1 Å². The number of rotatable bonds is 7. The fourth-order valence-electron chi connectivity index (χ4n) is 2.47. The molecule has 18 heavy (non-hydrogen) atoms. The summed E-state index contributed by atoms with van der Waals surface area (Å²) in [5.74, 6) is -0.967. The van der Waals surface area contributed by atoms with Gasteiger partial charge >= 0.3 is 10.2 Å². The molecule has 1 heterocycles. The van der Waals surface area contributed by atoms with Gasteiger partial charge in [-0.25, -0.2) is 0 Å². The minimum Gasteiger partial charge on any atom is -0.340 e. The molecule has 0 bridgehead atoms. The lowest BCUT2D eigenvalue weighted by Crippen LogP contribution is -2.34. The monoisotopic (exact) mass is 279 g/mol. The molecule has 2 atom stereocenters. The highest BCUT2D eigenvalue weighted by molar-refractivity contribution is 7.86. The Morgan fingerprint density at radius 1 is 1.44 bits per heavy atom. The number of hydrogen-bond acceptors (Lipinski definition) is 3. The molecule has 1 aliphatic heterocycles. The molecule has 1 aliphatic rings. The largest absolute Gasteiger partial charge is 0.340 e. The molecule has 0 spiro atoms. The number of carbonyl (C=O) groups is 1. The average molecular weight is 279 g/mol. The van der Waals surface area contributed by atoms with E-state index in [0.717, 1.165) is 25.7 Å². The van der Waals surface area contributed by atoms with Gasteiger partial charge in [0.2, 0.25) is 5.91 Å². The third-order valence-corrected chi connectivity index (χ3v) is 4.30.